The van der Waals surface area contributed by atoms with Gasteiger partial charge in [-0.25, -0.2) is 4.79 Å². The Hall–Kier alpha value is -4.69. The highest BCUT2D eigenvalue weighted by atomic mass is 16.5. The summed E-state index contributed by atoms with van der Waals surface area (Å²) in [5.74, 6) is -2.75. The maximum absolute atomic E-state index is 14.5. The Balaban J connectivity index is 1.50. The molecule has 0 aliphatic carbocycles. The van der Waals surface area contributed by atoms with Gasteiger partial charge in [-0.2, -0.15) is 0 Å². The van der Waals surface area contributed by atoms with Gasteiger partial charge in [0.1, 0.15) is 12.6 Å². The molecule has 1 aliphatic rings. The van der Waals surface area contributed by atoms with Gasteiger partial charge in [-0.05, 0) is 66.6 Å². The van der Waals surface area contributed by atoms with Crippen molar-refractivity contribution in [1.29, 1.82) is 0 Å². The van der Waals surface area contributed by atoms with E-state index in [2.05, 4.69) is 29.8 Å². The number of benzene rings is 3. The fourth-order valence-electron chi connectivity index (χ4n) is 9.39. The highest BCUT2D eigenvalue weighted by Crippen LogP contribution is 2.31. The normalized spacial score (nSPS) is 18.1. The molecule has 1 fully saturated rings. The third-order valence-corrected chi connectivity index (χ3v) is 12.9. The summed E-state index contributed by atoms with van der Waals surface area (Å²) in [6.45, 7) is 14.2. The van der Waals surface area contributed by atoms with Crippen LogP contribution in [0, 0.1) is 23.7 Å². The minimum atomic E-state index is -0.970. The van der Waals surface area contributed by atoms with E-state index in [0.29, 0.717) is 13.0 Å². The van der Waals surface area contributed by atoms with Gasteiger partial charge in [-0.1, -0.05) is 128 Å². The molecule has 0 unspecified atom stereocenters. The van der Waals surface area contributed by atoms with Gasteiger partial charge in [0.25, 0.3) is 0 Å². The minimum Gasteiger partial charge on any atom is -0.459 e. The van der Waals surface area contributed by atoms with Crippen LogP contribution in [0.2, 0.25) is 0 Å². The second kappa shape index (κ2) is 24.4. The Bertz CT molecular complexity index is 1950. The summed E-state index contributed by atoms with van der Waals surface area (Å²) in [4.78, 5) is 73.2. The Morgan fingerprint density at radius 3 is 2.11 bits per heavy atom. The number of carbonyl (C=O) groups is 5. The molecule has 9 atom stereocenters. The van der Waals surface area contributed by atoms with Crippen LogP contribution in [0.25, 0.3) is 10.8 Å². The van der Waals surface area contributed by atoms with Crippen molar-refractivity contribution < 1.29 is 38.2 Å². The summed E-state index contributed by atoms with van der Waals surface area (Å²) in [6.07, 6.45) is 1.11. The number of imide groups is 1. The molecule has 4 amide bonds. The number of ether oxygens (including phenoxy) is 3. The number of hydrogen-bond donors (Lipinski definition) is 3. The first-order chi connectivity index (χ1) is 30.1. The topological polar surface area (TPSA) is 156 Å². The third kappa shape index (κ3) is 13.2. The van der Waals surface area contributed by atoms with E-state index in [4.69, 9.17) is 14.2 Å². The average molecular weight is 872 g/mol. The predicted octanol–water partition coefficient (Wildman–Crippen LogP) is 5.92. The van der Waals surface area contributed by atoms with Crippen molar-refractivity contribution >= 4 is 40.4 Å². The number of amides is 4. The molecule has 0 spiro atoms. The number of esters is 1. The SMILES string of the molecule is CC[C@H](C)[C@@H]([C@@H](CC(=O)N1CCC[C@H]1[C@H](OC)[C@@H](C)C(=O)N[C@@H](Cc1ccccc1)C(=O)OCc1cccc2ccccc12)OC)N(C)[C@H](C(=O)NC(=O)[C@@H](NC)C(C)C)C(C)C. The van der Waals surface area contributed by atoms with Crippen molar-refractivity contribution in [2.45, 2.75) is 130 Å². The smallest absolute Gasteiger partial charge is 0.329 e. The van der Waals surface area contributed by atoms with Gasteiger partial charge < -0.3 is 29.7 Å². The Morgan fingerprint density at radius 1 is 0.825 bits per heavy atom. The van der Waals surface area contributed by atoms with E-state index in [-0.39, 0.29) is 61.0 Å². The largest absolute Gasteiger partial charge is 0.459 e. The van der Waals surface area contributed by atoms with E-state index in [1.165, 1.54) is 0 Å². The monoisotopic (exact) mass is 872 g/mol. The number of likely N-dealkylation sites (N-methyl/N-ethyl adjacent to an activating group) is 2. The van der Waals surface area contributed by atoms with Gasteiger partial charge in [0, 0.05) is 33.2 Å². The summed E-state index contributed by atoms with van der Waals surface area (Å²) in [5, 5.41) is 10.7. The summed E-state index contributed by atoms with van der Waals surface area (Å²) < 4.78 is 18.0. The lowest BCUT2D eigenvalue weighted by Gasteiger charge is -2.43. The number of hydrogen-bond acceptors (Lipinski definition) is 10. The zero-order chi connectivity index (χ0) is 46.4. The van der Waals surface area contributed by atoms with Crippen LogP contribution in [0.3, 0.4) is 0 Å². The highest BCUT2D eigenvalue weighted by molar-refractivity contribution is 6.00. The Kier molecular flexibility index (Phi) is 19.7. The average Bonchev–Trinajstić information content (AvgIpc) is 3.75. The maximum Gasteiger partial charge on any atom is 0.329 e. The minimum absolute atomic E-state index is 0.0191. The lowest BCUT2D eigenvalue weighted by molar-refractivity contribution is -0.150. The van der Waals surface area contributed by atoms with Crippen molar-refractivity contribution in [2.24, 2.45) is 23.7 Å². The van der Waals surface area contributed by atoms with Crippen LogP contribution in [-0.4, -0.2) is 117 Å². The second-order valence-electron chi connectivity index (χ2n) is 17.9. The molecule has 1 heterocycles. The van der Waals surface area contributed by atoms with Crippen LogP contribution < -0.4 is 16.0 Å². The summed E-state index contributed by atoms with van der Waals surface area (Å²) in [7, 11) is 6.69. The first-order valence-corrected chi connectivity index (χ1v) is 22.6. The maximum atomic E-state index is 14.5. The molecule has 3 N–H and O–H groups in total. The molecule has 0 saturated carbocycles. The van der Waals surface area contributed by atoms with Crippen molar-refractivity contribution in [3.8, 4) is 0 Å². The van der Waals surface area contributed by atoms with E-state index in [0.717, 1.165) is 34.7 Å². The quantitative estimate of drug-likeness (QED) is 0.0980. The Morgan fingerprint density at radius 2 is 1.49 bits per heavy atom. The second-order valence-corrected chi connectivity index (χ2v) is 17.9. The van der Waals surface area contributed by atoms with Crippen molar-refractivity contribution in [1.82, 2.24) is 25.8 Å². The molecule has 346 valence electrons. The van der Waals surface area contributed by atoms with Crippen LogP contribution in [0.5, 0.6) is 0 Å². The van der Waals surface area contributed by atoms with Gasteiger partial charge >= 0.3 is 5.97 Å². The number of nitrogens with zero attached hydrogens (tertiary/aromatic N) is 2. The van der Waals surface area contributed by atoms with Crippen molar-refractivity contribution in [3.05, 3.63) is 83.9 Å². The van der Waals surface area contributed by atoms with E-state index in [1.54, 1.807) is 33.1 Å². The molecular formula is C50H73N5O8. The van der Waals surface area contributed by atoms with Crippen LogP contribution in [-0.2, 0) is 51.2 Å². The lowest BCUT2D eigenvalue weighted by atomic mass is 9.87. The van der Waals surface area contributed by atoms with Crippen molar-refractivity contribution in [2.75, 3.05) is 34.9 Å². The summed E-state index contributed by atoms with van der Waals surface area (Å²) in [5.41, 5.74) is 1.73. The molecule has 1 saturated heterocycles. The molecule has 3 aromatic rings. The zero-order valence-electron chi connectivity index (χ0n) is 39.4. The van der Waals surface area contributed by atoms with Crippen LogP contribution in [0.15, 0.2) is 72.8 Å². The predicted molar refractivity (Wildman–Crippen MR) is 246 cm³/mol. The van der Waals surface area contributed by atoms with E-state index in [9.17, 15) is 24.0 Å². The molecule has 0 bridgehead atoms. The van der Waals surface area contributed by atoms with E-state index >= 15 is 0 Å². The molecule has 13 nitrogen and oxygen atoms in total. The van der Waals surface area contributed by atoms with Gasteiger partial charge in [-0.15, -0.1) is 0 Å². The number of nitrogens with one attached hydrogen (secondary N) is 3. The molecule has 3 aromatic carbocycles. The van der Waals surface area contributed by atoms with Crippen LogP contribution in [0.1, 0.15) is 85.3 Å². The standard InChI is InChI=1S/C50H73N5O8/c1-12-33(6)45(54(9)44(32(4)5)49(59)53-48(58)43(51-8)31(2)3)41(61-10)29-42(56)55-27-19-26-40(55)46(62-11)34(7)47(57)52-39(28-35-20-14-13-15-21-35)50(60)63-30-37-24-18-23-36-22-16-17-25-38(36)37/h13-18,20-25,31-34,39-41,43-46,51H,12,19,26-30H2,1-11H3,(H,52,57)(H,53,58,59)/t33-,34+,39-,40-,41+,43-,44-,45-,46+/m0/s1. The molecule has 0 aromatic heterocycles. The fraction of sp³-hybridized carbons (Fsp3) is 0.580. The Labute approximate surface area is 375 Å². The molecule has 63 heavy (non-hydrogen) atoms. The van der Waals surface area contributed by atoms with Gasteiger partial charge in [0.15, 0.2) is 0 Å². The number of carbonyl (C=O) groups excluding carboxylic acids is 5. The van der Waals surface area contributed by atoms with Gasteiger partial charge in [0.2, 0.25) is 23.6 Å². The number of rotatable bonds is 23. The summed E-state index contributed by atoms with van der Waals surface area (Å²) in [6, 6.07) is 20.3. The molecule has 4 rings (SSSR count). The number of likely N-dealkylation sites (tertiary alicyclic amines) is 1. The van der Waals surface area contributed by atoms with Gasteiger partial charge in [0.05, 0.1) is 42.7 Å². The third-order valence-electron chi connectivity index (χ3n) is 12.9. The zero-order valence-corrected chi connectivity index (χ0v) is 39.4. The molecular weight excluding hydrogens is 799 g/mol. The van der Waals surface area contributed by atoms with Crippen LogP contribution >= 0.6 is 0 Å². The molecule has 13 heteroatoms. The first kappa shape index (κ1) is 50.9. The highest BCUT2D eigenvalue weighted by Gasteiger charge is 2.44. The lowest BCUT2D eigenvalue weighted by Crippen LogP contribution is -2.60. The molecule has 1 aliphatic heterocycles. The summed E-state index contributed by atoms with van der Waals surface area (Å²) >= 11 is 0. The van der Waals surface area contributed by atoms with Gasteiger partial charge in [-0.3, -0.25) is 29.4 Å². The first-order valence-electron chi connectivity index (χ1n) is 22.6. The molecule has 0 radical (unpaired) electrons. The number of methoxy groups -OCH3 is 2. The van der Waals surface area contributed by atoms with E-state index < -0.39 is 54.2 Å². The van der Waals surface area contributed by atoms with Crippen LogP contribution in [0.4, 0.5) is 0 Å². The van der Waals surface area contributed by atoms with Crippen molar-refractivity contribution in [3.63, 3.8) is 0 Å². The number of fused-ring (bicyclic) bond motifs is 1. The fourth-order valence-corrected chi connectivity index (χ4v) is 9.39. The van der Waals surface area contributed by atoms with E-state index in [1.807, 2.05) is 112 Å².